The summed E-state index contributed by atoms with van der Waals surface area (Å²) in [5.74, 6) is 0.0827. The molecule has 1 amide bonds. The average Bonchev–Trinajstić information content (AvgIpc) is 3.07. The highest BCUT2D eigenvalue weighted by Gasteiger charge is 2.18. The predicted molar refractivity (Wildman–Crippen MR) is 86.0 cm³/mol. The van der Waals surface area contributed by atoms with Crippen LogP contribution >= 0.6 is 11.3 Å². The highest BCUT2D eigenvalue weighted by atomic mass is 32.1. The van der Waals surface area contributed by atoms with Crippen molar-refractivity contribution in [2.24, 2.45) is 0 Å². The molecular formula is C14H14N6OS. The van der Waals surface area contributed by atoms with Crippen LogP contribution in [0.5, 0.6) is 0 Å². The third-order valence-electron chi connectivity index (χ3n) is 3.60. The van der Waals surface area contributed by atoms with Gasteiger partial charge in [-0.1, -0.05) is 6.07 Å². The van der Waals surface area contributed by atoms with Crippen LogP contribution in [0.25, 0.3) is 11.0 Å². The summed E-state index contributed by atoms with van der Waals surface area (Å²) in [4.78, 5) is 25.2. The second-order valence-corrected chi connectivity index (χ2v) is 6.18. The molecular weight excluding hydrogens is 300 g/mol. The van der Waals surface area contributed by atoms with Crippen LogP contribution in [-0.4, -0.2) is 27.4 Å². The van der Waals surface area contributed by atoms with Crippen LogP contribution in [0.4, 0.5) is 11.1 Å². The average molecular weight is 314 g/mol. The highest BCUT2D eigenvalue weighted by molar-refractivity contribution is 7.15. The first-order valence-corrected chi connectivity index (χ1v) is 7.77. The molecule has 8 heteroatoms. The number of imidazole rings is 1. The fourth-order valence-corrected chi connectivity index (χ4v) is 3.56. The summed E-state index contributed by atoms with van der Waals surface area (Å²) in [5.41, 5.74) is 8.56. The molecule has 4 rings (SSSR count). The van der Waals surface area contributed by atoms with Gasteiger partial charge in [-0.3, -0.25) is 10.1 Å². The van der Waals surface area contributed by atoms with Gasteiger partial charge in [-0.05, 0) is 12.1 Å². The summed E-state index contributed by atoms with van der Waals surface area (Å²) in [6.45, 7) is 1.74. The van der Waals surface area contributed by atoms with E-state index >= 15 is 0 Å². The van der Waals surface area contributed by atoms with Crippen molar-refractivity contribution in [3.63, 3.8) is 0 Å². The number of H-pyrrole nitrogens is 1. The first-order chi connectivity index (χ1) is 10.7. The number of thiazole rings is 1. The van der Waals surface area contributed by atoms with Gasteiger partial charge in [0.25, 0.3) is 5.91 Å². The normalized spacial score (nSPS) is 14.0. The Balaban J connectivity index is 1.64. The molecule has 112 valence electrons. The number of carbonyl (C=O) groups excluding carboxylic acids is 1. The molecule has 2 aromatic heterocycles. The number of fused-ring (bicyclic) bond motifs is 2. The molecule has 3 heterocycles. The Kier molecular flexibility index (Phi) is 3.05. The van der Waals surface area contributed by atoms with E-state index in [1.165, 1.54) is 16.2 Å². The van der Waals surface area contributed by atoms with Crippen molar-refractivity contribution in [3.05, 3.63) is 34.3 Å². The zero-order valence-electron chi connectivity index (χ0n) is 11.6. The van der Waals surface area contributed by atoms with E-state index in [2.05, 4.69) is 25.6 Å². The number of aromatic amines is 1. The lowest BCUT2D eigenvalue weighted by atomic mass is 10.2. The largest absolute Gasteiger partial charge is 0.369 e. The molecule has 1 aliphatic heterocycles. The number of amides is 1. The molecule has 3 aromatic rings. The predicted octanol–water partition coefficient (Wildman–Crippen LogP) is 1.50. The van der Waals surface area contributed by atoms with Crippen molar-refractivity contribution in [3.8, 4) is 0 Å². The summed E-state index contributed by atoms with van der Waals surface area (Å²) in [7, 11) is 0. The third-order valence-corrected chi connectivity index (χ3v) is 4.62. The molecule has 0 spiro atoms. The number of anilines is 2. The summed E-state index contributed by atoms with van der Waals surface area (Å²) >= 11 is 1.51. The van der Waals surface area contributed by atoms with Crippen LogP contribution in [0.2, 0.25) is 0 Å². The van der Waals surface area contributed by atoms with Gasteiger partial charge < -0.3 is 16.0 Å². The quantitative estimate of drug-likeness (QED) is 0.573. The lowest BCUT2D eigenvalue weighted by Gasteiger charge is -2.09. The van der Waals surface area contributed by atoms with Gasteiger partial charge in [0.15, 0.2) is 11.1 Å². The van der Waals surface area contributed by atoms with E-state index in [0.717, 1.165) is 25.2 Å². The minimum atomic E-state index is -0.215. The van der Waals surface area contributed by atoms with Crippen LogP contribution < -0.4 is 16.4 Å². The van der Waals surface area contributed by atoms with Gasteiger partial charge in [-0.25, -0.2) is 9.97 Å². The van der Waals surface area contributed by atoms with Crippen LogP contribution in [0.3, 0.4) is 0 Å². The topological polar surface area (TPSA) is 109 Å². The number of rotatable bonds is 2. The molecule has 7 nitrogen and oxygen atoms in total. The van der Waals surface area contributed by atoms with Crippen molar-refractivity contribution in [1.29, 1.82) is 0 Å². The lowest BCUT2D eigenvalue weighted by molar-refractivity contribution is 0.102. The number of carbonyl (C=O) groups is 1. The number of aromatic nitrogens is 3. The maximum atomic E-state index is 12.5. The molecule has 1 aromatic carbocycles. The Morgan fingerprint density at radius 3 is 3.14 bits per heavy atom. The van der Waals surface area contributed by atoms with E-state index in [0.29, 0.717) is 27.7 Å². The first-order valence-electron chi connectivity index (χ1n) is 6.95. The molecule has 0 saturated heterocycles. The molecule has 0 bridgehead atoms. The number of para-hydroxylation sites is 1. The zero-order valence-corrected chi connectivity index (χ0v) is 12.5. The number of hydrogen-bond acceptors (Lipinski definition) is 6. The fourth-order valence-electron chi connectivity index (χ4n) is 2.58. The van der Waals surface area contributed by atoms with Gasteiger partial charge in [-0.2, -0.15) is 0 Å². The number of nitrogens with two attached hydrogens (primary N) is 1. The molecule has 0 radical (unpaired) electrons. The second kappa shape index (κ2) is 5.08. The van der Waals surface area contributed by atoms with Crippen molar-refractivity contribution in [2.45, 2.75) is 13.0 Å². The first kappa shape index (κ1) is 13.2. The van der Waals surface area contributed by atoms with Crippen molar-refractivity contribution in [2.75, 3.05) is 17.6 Å². The van der Waals surface area contributed by atoms with Crippen LogP contribution in [-0.2, 0) is 13.0 Å². The Morgan fingerprint density at radius 2 is 2.27 bits per heavy atom. The Bertz CT molecular complexity index is 844. The molecule has 0 fully saturated rings. The van der Waals surface area contributed by atoms with E-state index < -0.39 is 0 Å². The Hall–Kier alpha value is -2.45. The molecule has 0 saturated carbocycles. The molecule has 0 aliphatic carbocycles. The van der Waals surface area contributed by atoms with Gasteiger partial charge in [-0.15, -0.1) is 11.3 Å². The van der Waals surface area contributed by atoms with Gasteiger partial charge in [0, 0.05) is 24.4 Å². The van der Waals surface area contributed by atoms with Gasteiger partial charge >= 0.3 is 0 Å². The van der Waals surface area contributed by atoms with E-state index in [-0.39, 0.29) is 5.91 Å². The minimum Gasteiger partial charge on any atom is -0.369 e. The second-order valence-electron chi connectivity index (χ2n) is 5.09. The summed E-state index contributed by atoms with van der Waals surface area (Å²) < 4.78 is 0. The maximum absolute atomic E-state index is 12.5. The lowest BCUT2D eigenvalue weighted by Crippen LogP contribution is -2.22. The van der Waals surface area contributed by atoms with E-state index in [1.54, 1.807) is 12.1 Å². The van der Waals surface area contributed by atoms with Crippen LogP contribution in [0, 0.1) is 0 Å². The smallest absolute Gasteiger partial charge is 0.259 e. The van der Waals surface area contributed by atoms with Gasteiger partial charge in [0.05, 0.1) is 22.3 Å². The van der Waals surface area contributed by atoms with Crippen LogP contribution in [0.1, 0.15) is 20.9 Å². The number of benzene rings is 1. The zero-order chi connectivity index (χ0) is 15.1. The number of hydrogen-bond donors (Lipinski definition) is 4. The minimum absolute atomic E-state index is 0.215. The van der Waals surface area contributed by atoms with E-state index in [1.807, 2.05) is 6.07 Å². The SMILES string of the molecule is Nc1nc2cccc(C(=O)Nc3nc4c(s3)CNCC4)c2[nH]1. The monoisotopic (exact) mass is 314 g/mol. The van der Waals surface area contributed by atoms with Crippen molar-refractivity contribution in [1.82, 2.24) is 20.3 Å². The van der Waals surface area contributed by atoms with Gasteiger partial charge in [0.1, 0.15) is 0 Å². The molecule has 0 unspecified atom stereocenters. The van der Waals surface area contributed by atoms with E-state index in [9.17, 15) is 4.79 Å². The number of nitrogens with zero attached hydrogens (tertiary/aromatic N) is 2. The molecule has 5 N–H and O–H groups in total. The summed E-state index contributed by atoms with van der Waals surface area (Å²) in [5, 5.41) is 6.79. The summed E-state index contributed by atoms with van der Waals surface area (Å²) in [6, 6.07) is 5.34. The van der Waals surface area contributed by atoms with Crippen molar-refractivity contribution >= 4 is 39.4 Å². The molecule has 0 atom stereocenters. The number of nitrogen functional groups attached to an aromatic ring is 1. The van der Waals surface area contributed by atoms with Crippen LogP contribution in [0.15, 0.2) is 18.2 Å². The third kappa shape index (κ3) is 2.22. The molecule has 22 heavy (non-hydrogen) atoms. The standard InChI is InChI=1S/C14H14N6OS/c15-13-17-9-3-1-2-7(11(9)19-13)12(21)20-14-18-8-4-5-16-6-10(8)22-14/h1-3,16H,4-6H2,(H3,15,17,19)(H,18,20,21). The summed E-state index contributed by atoms with van der Waals surface area (Å²) in [6.07, 6.45) is 0.897. The highest BCUT2D eigenvalue weighted by Crippen LogP contribution is 2.26. The Morgan fingerprint density at radius 1 is 1.36 bits per heavy atom. The number of nitrogens with one attached hydrogen (secondary N) is 3. The molecule has 1 aliphatic rings. The van der Waals surface area contributed by atoms with Crippen molar-refractivity contribution < 1.29 is 4.79 Å². The fraction of sp³-hybridized carbons (Fsp3) is 0.214. The van der Waals surface area contributed by atoms with Gasteiger partial charge in [0.2, 0.25) is 0 Å². The maximum Gasteiger partial charge on any atom is 0.259 e. The Labute approximate surface area is 130 Å². The van der Waals surface area contributed by atoms with E-state index in [4.69, 9.17) is 5.73 Å².